The predicted octanol–water partition coefficient (Wildman–Crippen LogP) is 8.73. The lowest BCUT2D eigenvalue weighted by Crippen LogP contribution is -2.34. The molecule has 0 heterocycles. The van der Waals surface area contributed by atoms with Gasteiger partial charge in [0, 0.05) is 19.0 Å². The van der Waals surface area contributed by atoms with Crippen LogP contribution in [0.15, 0.2) is 72.8 Å². The third-order valence-corrected chi connectivity index (χ3v) is 9.43. The minimum absolute atomic E-state index is 0.172. The number of carboxylic acids is 2. The highest BCUT2D eigenvalue weighted by Crippen LogP contribution is 2.36. The van der Waals surface area contributed by atoms with Crippen molar-refractivity contribution in [1.82, 2.24) is 4.90 Å². The number of rotatable bonds is 15. The SMILES string of the molecule is O=C(O)CCCCN(CCc1ccccc1OCc1ccc(C=CC2CCCCC2)cc1)C1CCCc2cc(C(=O)O)ccc21. The Morgan fingerprint density at radius 1 is 0.867 bits per heavy atom. The van der Waals surface area contributed by atoms with Crippen LogP contribution >= 0.6 is 0 Å². The van der Waals surface area contributed by atoms with Gasteiger partial charge in [0.15, 0.2) is 0 Å². The monoisotopic (exact) mass is 609 g/mol. The molecule has 1 unspecified atom stereocenters. The molecular weight excluding hydrogens is 562 g/mol. The van der Waals surface area contributed by atoms with Crippen molar-refractivity contribution >= 4 is 18.0 Å². The summed E-state index contributed by atoms with van der Waals surface area (Å²) in [5, 5.41) is 18.7. The van der Waals surface area contributed by atoms with Gasteiger partial charge in [-0.25, -0.2) is 4.79 Å². The smallest absolute Gasteiger partial charge is 0.335 e. The molecule has 0 bridgehead atoms. The third-order valence-electron chi connectivity index (χ3n) is 9.43. The number of carbonyl (C=O) groups is 2. The molecule has 238 valence electrons. The Hall–Kier alpha value is -3.90. The maximum absolute atomic E-state index is 11.6. The normalized spacial score (nSPS) is 17.0. The van der Waals surface area contributed by atoms with Gasteiger partial charge in [-0.1, -0.05) is 79.9 Å². The number of ether oxygens (including phenoxy) is 1. The molecule has 6 heteroatoms. The maximum Gasteiger partial charge on any atom is 0.335 e. The number of fused-ring (bicyclic) bond motifs is 1. The molecule has 2 N–H and O–H groups in total. The Morgan fingerprint density at radius 2 is 1.67 bits per heavy atom. The first-order valence-corrected chi connectivity index (χ1v) is 16.8. The fraction of sp³-hybridized carbons (Fsp3) is 0.436. The Labute approximate surface area is 267 Å². The summed E-state index contributed by atoms with van der Waals surface area (Å²) < 4.78 is 6.36. The summed E-state index contributed by atoms with van der Waals surface area (Å²) in [6.45, 7) is 2.10. The number of para-hydroxylation sites is 1. The van der Waals surface area contributed by atoms with Gasteiger partial charge in [-0.3, -0.25) is 9.69 Å². The van der Waals surface area contributed by atoms with Crippen LogP contribution in [0.25, 0.3) is 6.08 Å². The number of aromatic carboxylic acids is 1. The van der Waals surface area contributed by atoms with Crippen molar-refractivity contribution in [3.8, 4) is 5.75 Å². The number of benzene rings is 3. The standard InChI is InChI=1S/C39H47NO5/c41-38(42)15-6-7-25-40(36-13-8-12-33-27-34(39(43)44)22-23-35(33)36)26-24-32-11-4-5-14-37(32)45-28-31-20-18-30(19-21-31)17-16-29-9-2-1-3-10-29/h4-5,11,14,16-23,27,29,36H,1-3,6-10,12-13,15,24-26,28H2,(H,41,42)(H,43,44). The lowest BCUT2D eigenvalue weighted by atomic mass is 9.85. The zero-order chi connectivity index (χ0) is 31.4. The van der Waals surface area contributed by atoms with Crippen LogP contribution in [-0.4, -0.2) is 40.1 Å². The van der Waals surface area contributed by atoms with E-state index in [0.29, 0.717) is 18.6 Å². The Morgan fingerprint density at radius 3 is 2.44 bits per heavy atom. The molecule has 1 fully saturated rings. The molecule has 0 saturated heterocycles. The second-order valence-electron chi connectivity index (χ2n) is 12.7. The topological polar surface area (TPSA) is 87.1 Å². The summed E-state index contributed by atoms with van der Waals surface area (Å²) in [6, 6.07) is 22.6. The van der Waals surface area contributed by atoms with E-state index in [1.807, 2.05) is 24.3 Å². The summed E-state index contributed by atoms with van der Waals surface area (Å²) in [5.74, 6) is -0.0526. The highest BCUT2D eigenvalue weighted by Gasteiger charge is 2.27. The van der Waals surface area contributed by atoms with Gasteiger partial charge in [0.2, 0.25) is 0 Å². The van der Waals surface area contributed by atoms with E-state index in [1.54, 1.807) is 6.07 Å². The molecule has 0 aromatic heterocycles. The van der Waals surface area contributed by atoms with E-state index < -0.39 is 11.9 Å². The van der Waals surface area contributed by atoms with Crippen molar-refractivity contribution in [1.29, 1.82) is 0 Å². The van der Waals surface area contributed by atoms with Crippen molar-refractivity contribution in [2.45, 2.75) is 89.7 Å². The van der Waals surface area contributed by atoms with E-state index in [9.17, 15) is 14.7 Å². The van der Waals surface area contributed by atoms with E-state index in [-0.39, 0.29) is 12.5 Å². The van der Waals surface area contributed by atoms with E-state index >= 15 is 0 Å². The average molecular weight is 610 g/mol. The molecule has 2 aliphatic carbocycles. The number of hydrogen-bond donors (Lipinski definition) is 2. The number of allylic oxidation sites excluding steroid dienone is 1. The predicted molar refractivity (Wildman–Crippen MR) is 179 cm³/mol. The molecule has 45 heavy (non-hydrogen) atoms. The number of aliphatic carboxylic acids is 1. The van der Waals surface area contributed by atoms with E-state index in [4.69, 9.17) is 9.84 Å². The van der Waals surface area contributed by atoms with Gasteiger partial charge < -0.3 is 14.9 Å². The van der Waals surface area contributed by atoms with Crippen molar-refractivity contribution in [2.24, 2.45) is 5.92 Å². The van der Waals surface area contributed by atoms with Crippen LogP contribution in [0, 0.1) is 5.92 Å². The van der Waals surface area contributed by atoms with E-state index in [0.717, 1.165) is 73.6 Å². The molecule has 1 saturated carbocycles. The summed E-state index contributed by atoms with van der Waals surface area (Å²) in [7, 11) is 0. The van der Waals surface area contributed by atoms with Gasteiger partial charge in [-0.15, -0.1) is 0 Å². The van der Waals surface area contributed by atoms with Crippen LogP contribution in [0.1, 0.15) is 108 Å². The molecule has 0 radical (unpaired) electrons. The average Bonchev–Trinajstić information content (AvgIpc) is 3.07. The van der Waals surface area contributed by atoms with Crippen LogP contribution in [0.3, 0.4) is 0 Å². The number of nitrogens with zero attached hydrogens (tertiary/aromatic N) is 1. The van der Waals surface area contributed by atoms with Crippen molar-refractivity contribution in [2.75, 3.05) is 13.1 Å². The maximum atomic E-state index is 11.6. The minimum Gasteiger partial charge on any atom is -0.489 e. The Balaban J connectivity index is 1.23. The van der Waals surface area contributed by atoms with Crippen molar-refractivity contribution < 1.29 is 24.5 Å². The zero-order valence-electron chi connectivity index (χ0n) is 26.3. The second-order valence-corrected chi connectivity index (χ2v) is 12.7. The molecule has 3 aromatic carbocycles. The summed E-state index contributed by atoms with van der Waals surface area (Å²) >= 11 is 0. The van der Waals surface area contributed by atoms with Crippen LogP contribution < -0.4 is 4.74 Å². The van der Waals surface area contributed by atoms with Gasteiger partial charge in [-0.2, -0.15) is 0 Å². The molecule has 3 aromatic rings. The minimum atomic E-state index is -0.899. The number of hydrogen-bond acceptors (Lipinski definition) is 4. The molecule has 2 aliphatic rings. The fourth-order valence-electron chi connectivity index (χ4n) is 6.89. The van der Waals surface area contributed by atoms with Crippen LogP contribution in [-0.2, 0) is 24.2 Å². The number of aryl methyl sites for hydroxylation is 1. The molecule has 1 atom stereocenters. The molecule has 0 aliphatic heterocycles. The van der Waals surface area contributed by atoms with Crippen LogP contribution in [0.4, 0.5) is 0 Å². The number of carboxylic acid groups (broad SMARTS) is 2. The van der Waals surface area contributed by atoms with E-state index in [2.05, 4.69) is 53.5 Å². The van der Waals surface area contributed by atoms with Crippen molar-refractivity contribution in [3.63, 3.8) is 0 Å². The van der Waals surface area contributed by atoms with Crippen LogP contribution in [0.2, 0.25) is 0 Å². The lowest BCUT2D eigenvalue weighted by molar-refractivity contribution is -0.137. The lowest BCUT2D eigenvalue weighted by Gasteiger charge is -2.36. The highest BCUT2D eigenvalue weighted by molar-refractivity contribution is 5.88. The molecule has 0 amide bonds. The van der Waals surface area contributed by atoms with Gasteiger partial charge in [0.25, 0.3) is 0 Å². The largest absolute Gasteiger partial charge is 0.489 e. The zero-order valence-corrected chi connectivity index (χ0v) is 26.3. The summed E-state index contributed by atoms with van der Waals surface area (Å²) in [5.41, 5.74) is 6.17. The molecule has 5 rings (SSSR count). The van der Waals surface area contributed by atoms with Crippen LogP contribution in [0.5, 0.6) is 5.75 Å². The van der Waals surface area contributed by atoms with Gasteiger partial charge >= 0.3 is 11.9 Å². The summed E-state index contributed by atoms with van der Waals surface area (Å²) in [4.78, 5) is 25.2. The Bertz CT molecular complexity index is 1440. The molecule has 0 spiro atoms. The highest BCUT2D eigenvalue weighted by atomic mass is 16.5. The van der Waals surface area contributed by atoms with Crippen molar-refractivity contribution in [3.05, 3.63) is 106 Å². The van der Waals surface area contributed by atoms with Gasteiger partial charge in [0.05, 0.1) is 5.56 Å². The fourth-order valence-corrected chi connectivity index (χ4v) is 6.89. The first kappa shape index (κ1) is 32.5. The molecule has 6 nitrogen and oxygen atoms in total. The molecular formula is C39H47NO5. The quantitative estimate of drug-likeness (QED) is 0.168. The number of unbranched alkanes of at least 4 members (excludes halogenated alkanes) is 1. The van der Waals surface area contributed by atoms with E-state index in [1.165, 1.54) is 43.2 Å². The first-order chi connectivity index (χ1) is 22.0. The summed E-state index contributed by atoms with van der Waals surface area (Å²) in [6.07, 6.45) is 16.6. The third kappa shape index (κ3) is 9.54. The van der Waals surface area contributed by atoms with Gasteiger partial charge in [0.1, 0.15) is 12.4 Å². The second kappa shape index (κ2) is 16.4. The Kier molecular flexibility index (Phi) is 11.9. The van der Waals surface area contributed by atoms with Gasteiger partial charge in [-0.05, 0) is 110 Å². The first-order valence-electron chi connectivity index (χ1n) is 16.8.